The Morgan fingerprint density at radius 1 is 1.22 bits per heavy atom. The lowest BCUT2D eigenvalue weighted by molar-refractivity contribution is -0.116. The van der Waals surface area contributed by atoms with Crippen LogP contribution in [0.15, 0.2) is 30.3 Å². The Morgan fingerprint density at radius 2 is 1.91 bits per heavy atom. The molecule has 2 N–H and O–H groups in total. The zero-order chi connectivity index (χ0) is 17.1. The Labute approximate surface area is 138 Å². The molecular formula is C18H26N2O3. The van der Waals surface area contributed by atoms with Crippen molar-refractivity contribution in [3.8, 4) is 0 Å². The van der Waals surface area contributed by atoms with Crippen molar-refractivity contribution < 1.29 is 14.3 Å². The van der Waals surface area contributed by atoms with Gasteiger partial charge in [0.25, 0.3) is 5.91 Å². The van der Waals surface area contributed by atoms with E-state index in [2.05, 4.69) is 24.5 Å². The third-order valence-corrected chi connectivity index (χ3v) is 3.04. The SMILES string of the molecule is CNC(=O)c1ccc(/C=C/C(=O)NCCCOCC(C)C)cc1. The predicted molar refractivity (Wildman–Crippen MR) is 92.1 cm³/mol. The Bertz CT molecular complexity index is 522. The number of nitrogens with one attached hydrogen (secondary N) is 2. The molecule has 0 fully saturated rings. The molecule has 1 rings (SSSR count). The number of hydrogen-bond donors (Lipinski definition) is 2. The van der Waals surface area contributed by atoms with Gasteiger partial charge in [0.2, 0.25) is 5.91 Å². The molecule has 2 amide bonds. The summed E-state index contributed by atoms with van der Waals surface area (Å²) in [5, 5.41) is 5.37. The van der Waals surface area contributed by atoms with E-state index in [9.17, 15) is 9.59 Å². The van der Waals surface area contributed by atoms with Crippen LogP contribution >= 0.6 is 0 Å². The van der Waals surface area contributed by atoms with Gasteiger partial charge in [-0.25, -0.2) is 0 Å². The normalized spacial score (nSPS) is 11.0. The van der Waals surface area contributed by atoms with Crippen LogP contribution in [0.3, 0.4) is 0 Å². The molecule has 0 saturated heterocycles. The minimum absolute atomic E-state index is 0.127. The molecule has 0 aliphatic rings. The molecule has 0 atom stereocenters. The lowest BCUT2D eigenvalue weighted by Crippen LogP contribution is -2.23. The van der Waals surface area contributed by atoms with Crippen molar-refractivity contribution >= 4 is 17.9 Å². The zero-order valence-electron chi connectivity index (χ0n) is 14.1. The van der Waals surface area contributed by atoms with E-state index >= 15 is 0 Å². The molecule has 0 unspecified atom stereocenters. The van der Waals surface area contributed by atoms with Crippen LogP contribution in [0, 0.1) is 5.92 Å². The average molecular weight is 318 g/mol. The van der Waals surface area contributed by atoms with E-state index in [1.165, 1.54) is 6.08 Å². The van der Waals surface area contributed by atoms with Crippen molar-refractivity contribution in [1.82, 2.24) is 10.6 Å². The fourth-order valence-corrected chi connectivity index (χ4v) is 1.83. The monoisotopic (exact) mass is 318 g/mol. The average Bonchev–Trinajstić information content (AvgIpc) is 2.55. The molecule has 0 bridgehead atoms. The van der Waals surface area contributed by atoms with E-state index in [0.29, 0.717) is 24.6 Å². The summed E-state index contributed by atoms with van der Waals surface area (Å²) in [4.78, 5) is 23.1. The topological polar surface area (TPSA) is 67.4 Å². The maximum absolute atomic E-state index is 11.7. The van der Waals surface area contributed by atoms with Gasteiger partial charge in [0.05, 0.1) is 0 Å². The van der Waals surface area contributed by atoms with Crippen LogP contribution in [-0.4, -0.2) is 38.6 Å². The van der Waals surface area contributed by atoms with E-state index in [-0.39, 0.29) is 11.8 Å². The van der Waals surface area contributed by atoms with E-state index in [4.69, 9.17) is 4.74 Å². The molecule has 0 spiro atoms. The first-order valence-corrected chi connectivity index (χ1v) is 7.88. The van der Waals surface area contributed by atoms with E-state index in [0.717, 1.165) is 18.6 Å². The summed E-state index contributed by atoms with van der Waals surface area (Å²) in [7, 11) is 1.59. The number of rotatable bonds is 9. The highest BCUT2D eigenvalue weighted by Crippen LogP contribution is 2.06. The Hall–Kier alpha value is -2.14. The Kier molecular flexibility index (Phi) is 8.68. The van der Waals surface area contributed by atoms with Crippen molar-refractivity contribution in [3.63, 3.8) is 0 Å². The molecule has 126 valence electrons. The summed E-state index contributed by atoms with van der Waals surface area (Å²) in [5.74, 6) is 0.268. The van der Waals surface area contributed by atoms with Crippen LogP contribution in [0.1, 0.15) is 36.2 Å². The highest BCUT2D eigenvalue weighted by molar-refractivity contribution is 5.94. The molecule has 1 aromatic rings. The lowest BCUT2D eigenvalue weighted by Gasteiger charge is -2.06. The summed E-state index contributed by atoms with van der Waals surface area (Å²) in [6.07, 6.45) is 4.01. The Morgan fingerprint density at radius 3 is 2.52 bits per heavy atom. The number of hydrogen-bond acceptors (Lipinski definition) is 3. The molecule has 0 aliphatic carbocycles. The van der Waals surface area contributed by atoms with Crippen molar-refractivity contribution in [2.45, 2.75) is 20.3 Å². The molecule has 5 nitrogen and oxygen atoms in total. The minimum atomic E-state index is -0.135. The van der Waals surface area contributed by atoms with Crippen LogP contribution in [-0.2, 0) is 9.53 Å². The summed E-state index contributed by atoms with van der Waals surface area (Å²) in [6.45, 7) is 6.21. The second-order valence-electron chi connectivity index (χ2n) is 5.65. The minimum Gasteiger partial charge on any atom is -0.381 e. The molecule has 0 heterocycles. The maximum atomic E-state index is 11.7. The summed E-state index contributed by atoms with van der Waals surface area (Å²) in [5.41, 5.74) is 1.46. The lowest BCUT2D eigenvalue weighted by atomic mass is 10.1. The first-order chi connectivity index (χ1) is 11.0. The third-order valence-electron chi connectivity index (χ3n) is 3.04. The van der Waals surface area contributed by atoms with Crippen LogP contribution in [0.5, 0.6) is 0 Å². The van der Waals surface area contributed by atoms with Crippen LogP contribution < -0.4 is 10.6 Å². The fraction of sp³-hybridized carbons (Fsp3) is 0.444. The second-order valence-corrected chi connectivity index (χ2v) is 5.65. The number of amides is 2. The van der Waals surface area contributed by atoms with Gasteiger partial charge in [-0.3, -0.25) is 9.59 Å². The standard InChI is InChI=1S/C18H26N2O3/c1-14(2)13-23-12-4-11-20-17(21)10-7-15-5-8-16(9-6-15)18(22)19-3/h5-10,14H,4,11-13H2,1-3H3,(H,19,22)(H,20,21)/b10-7+. The van der Waals surface area contributed by atoms with Gasteiger partial charge < -0.3 is 15.4 Å². The van der Waals surface area contributed by atoms with Gasteiger partial charge in [-0.1, -0.05) is 26.0 Å². The van der Waals surface area contributed by atoms with Gasteiger partial charge in [-0.2, -0.15) is 0 Å². The molecule has 0 saturated carbocycles. The van der Waals surface area contributed by atoms with Crippen LogP contribution in [0.4, 0.5) is 0 Å². The molecule has 23 heavy (non-hydrogen) atoms. The smallest absolute Gasteiger partial charge is 0.251 e. The number of benzene rings is 1. The van der Waals surface area contributed by atoms with Crippen LogP contribution in [0.25, 0.3) is 6.08 Å². The molecule has 0 aromatic heterocycles. The quantitative estimate of drug-likeness (QED) is 0.542. The summed E-state index contributed by atoms with van der Waals surface area (Å²) in [6, 6.07) is 7.05. The molecule has 5 heteroatoms. The predicted octanol–water partition coefficient (Wildman–Crippen LogP) is 2.24. The van der Waals surface area contributed by atoms with Gasteiger partial charge in [-0.15, -0.1) is 0 Å². The van der Waals surface area contributed by atoms with Gasteiger partial charge >= 0.3 is 0 Å². The molecular weight excluding hydrogens is 292 g/mol. The van der Waals surface area contributed by atoms with Crippen LogP contribution in [0.2, 0.25) is 0 Å². The molecule has 0 radical (unpaired) electrons. The van der Waals surface area contributed by atoms with Crippen molar-refractivity contribution in [2.75, 3.05) is 26.8 Å². The number of carbonyl (C=O) groups excluding carboxylic acids is 2. The number of ether oxygens (including phenoxy) is 1. The first-order valence-electron chi connectivity index (χ1n) is 7.88. The fourth-order valence-electron chi connectivity index (χ4n) is 1.83. The molecule has 1 aromatic carbocycles. The number of carbonyl (C=O) groups is 2. The Balaban J connectivity index is 2.28. The van der Waals surface area contributed by atoms with E-state index in [1.54, 1.807) is 37.4 Å². The molecule has 0 aliphatic heterocycles. The first kappa shape index (κ1) is 18.9. The highest BCUT2D eigenvalue weighted by Gasteiger charge is 2.01. The third kappa shape index (κ3) is 8.16. The van der Waals surface area contributed by atoms with Crippen molar-refractivity contribution in [2.24, 2.45) is 5.92 Å². The summed E-state index contributed by atoms with van der Waals surface area (Å²) < 4.78 is 5.44. The van der Waals surface area contributed by atoms with Gasteiger partial charge in [0, 0.05) is 38.4 Å². The van der Waals surface area contributed by atoms with Gasteiger partial charge in [-0.05, 0) is 36.1 Å². The zero-order valence-corrected chi connectivity index (χ0v) is 14.1. The van der Waals surface area contributed by atoms with E-state index < -0.39 is 0 Å². The largest absolute Gasteiger partial charge is 0.381 e. The summed E-state index contributed by atoms with van der Waals surface area (Å²) >= 11 is 0. The van der Waals surface area contributed by atoms with E-state index in [1.807, 2.05) is 0 Å². The highest BCUT2D eigenvalue weighted by atomic mass is 16.5. The van der Waals surface area contributed by atoms with Crippen molar-refractivity contribution in [3.05, 3.63) is 41.5 Å². The van der Waals surface area contributed by atoms with Gasteiger partial charge in [0.1, 0.15) is 0 Å². The maximum Gasteiger partial charge on any atom is 0.251 e. The second kappa shape index (κ2) is 10.6. The van der Waals surface area contributed by atoms with Gasteiger partial charge in [0.15, 0.2) is 0 Å². The van der Waals surface area contributed by atoms with Crippen molar-refractivity contribution in [1.29, 1.82) is 0 Å².